The lowest BCUT2D eigenvalue weighted by molar-refractivity contribution is 0.271. The van der Waals surface area contributed by atoms with Crippen LogP contribution in [0.1, 0.15) is 36.8 Å². The number of rotatable bonds is 7. The first-order valence-corrected chi connectivity index (χ1v) is 10.0. The largest absolute Gasteiger partial charge is 0.489 e. The van der Waals surface area contributed by atoms with Gasteiger partial charge in [0.1, 0.15) is 18.1 Å². The Balaban J connectivity index is 1.37. The molecule has 1 fully saturated rings. The number of aromatic nitrogens is 2. The highest BCUT2D eigenvalue weighted by Crippen LogP contribution is 2.25. The average molecular weight is 377 g/mol. The van der Waals surface area contributed by atoms with Crippen molar-refractivity contribution < 1.29 is 9.15 Å². The summed E-state index contributed by atoms with van der Waals surface area (Å²) in [6.07, 6.45) is 7.12. The SMILES string of the molecule is Cc1oc(-c2ccc(OCc3cccnc3)cc2)nc1CCN1CCC[C@H]1C. The second kappa shape index (κ2) is 8.57. The van der Waals surface area contributed by atoms with Gasteiger partial charge in [-0.2, -0.15) is 0 Å². The molecule has 0 N–H and O–H groups in total. The number of nitrogens with zero attached hydrogens (tertiary/aromatic N) is 3. The van der Waals surface area contributed by atoms with Gasteiger partial charge in [0.25, 0.3) is 0 Å². The van der Waals surface area contributed by atoms with Gasteiger partial charge in [-0.05, 0) is 63.6 Å². The molecular weight excluding hydrogens is 350 g/mol. The Morgan fingerprint density at radius 1 is 1.21 bits per heavy atom. The molecule has 1 atom stereocenters. The molecule has 28 heavy (non-hydrogen) atoms. The summed E-state index contributed by atoms with van der Waals surface area (Å²) in [5, 5.41) is 0. The fourth-order valence-corrected chi connectivity index (χ4v) is 3.70. The first-order valence-electron chi connectivity index (χ1n) is 10.0. The van der Waals surface area contributed by atoms with E-state index in [9.17, 15) is 0 Å². The maximum atomic E-state index is 5.93. The van der Waals surface area contributed by atoms with Crippen LogP contribution in [0, 0.1) is 6.92 Å². The number of aryl methyl sites for hydroxylation is 1. The van der Waals surface area contributed by atoms with Gasteiger partial charge in [0.2, 0.25) is 5.89 Å². The lowest BCUT2D eigenvalue weighted by Gasteiger charge is -2.20. The summed E-state index contributed by atoms with van der Waals surface area (Å²) in [5.41, 5.74) is 3.08. The van der Waals surface area contributed by atoms with Crippen LogP contribution >= 0.6 is 0 Å². The van der Waals surface area contributed by atoms with Gasteiger partial charge in [-0.3, -0.25) is 4.98 Å². The zero-order valence-electron chi connectivity index (χ0n) is 16.6. The predicted molar refractivity (Wildman–Crippen MR) is 109 cm³/mol. The Morgan fingerprint density at radius 3 is 2.79 bits per heavy atom. The second-order valence-electron chi connectivity index (χ2n) is 7.47. The van der Waals surface area contributed by atoms with Crippen LogP contribution in [0.25, 0.3) is 11.5 Å². The van der Waals surface area contributed by atoms with E-state index in [1.807, 2.05) is 49.5 Å². The first-order chi connectivity index (χ1) is 13.7. The molecule has 1 saturated heterocycles. The summed E-state index contributed by atoms with van der Waals surface area (Å²) in [4.78, 5) is 11.4. The highest BCUT2D eigenvalue weighted by Gasteiger charge is 2.21. The average Bonchev–Trinajstić information content (AvgIpc) is 3.31. The quantitative estimate of drug-likeness (QED) is 0.600. The Labute approximate surface area is 166 Å². The van der Waals surface area contributed by atoms with Crippen LogP contribution in [0.4, 0.5) is 0 Å². The highest BCUT2D eigenvalue weighted by molar-refractivity contribution is 5.55. The minimum Gasteiger partial charge on any atom is -0.489 e. The summed E-state index contributed by atoms with van der Waals surface area (Å²) in [7, 11) is 0. The van der Waals surface area contributed by atoms with E-state index in [-0.39, 0.29) is 0 Å². The topological polar surface area (TPSA) is 51.4 Å². The van der Waals surface area contributed by atoms with E-state index < -0.39 is 0 Å². The molecule has 3 aromatic rings. The molecule has 0 aliphatic carbocycles. The minimum absolute atomic E-state index is 0.504. The van der Waals surface area contributed by atoms with Gasteiger partial charge in [-0.15, -0.1) is 0 Å². The van der Waals surface area contributed by atoms with Gasteiger partial charge < -0.3 is 14.1 Å². The van der Waals surface area contributed by atoms with Crippen molar-refractivity contribution in [1.82, 2.24) is 14.9 Å². The smallest absolute Gasteiger partial charge is 0.226 e. The Hall–Kier alpha value is -2.66. The number of benzene rings is 1. The van der Waals surface area contributed by atoms with E-state index >= 15 is 0 Å². The van der Waals surface area contributed by atoms with E-state index in [2.05, 4.69) is 16.8 Å². The van der Waals surface area contributed by atoms with Crippen molar-refractivity contribution in [2.45, 2.75) is 45.8 Å². The summed E-state index contributed by atoms with van der Waals surface area (Å²) < 4.78 is 11.8. The molecule has 0 spiro atoms. The molecule has 1 aromatic carbocycles. The molecule has 0 radical (unpaired) electrons. The zero-order valence-corrected chi connectivity index (χ0v) is 16.6. The van der Waals surface area contributed by atoms with E-state index in [0.717, 1.165) is 41.3 Å². The molecule has 4 rings (SSSR count). The highest BCUT2D eigenvalue weighted by atomic mass is 16.5. The van der Waals surface area contributed by atoms with Crippen LogP contribution in [-0.2, 0) is 13.0 Å². The van der Waals surface area contributed by atoms with Gasteiger partial charge in [0, 0.05) is 42.5 Å². The number of likely N-dealkylation sites (tertiary alicyclic amines) is 1. The van der Waals surface area contributed by atoms with Gasteiger partial charge in [-0.1, -0.05) is 6.07 Å². The minimum atomic E-state index is 0.504. The Morgan fingerprint density at radius 2 is 2.07 bits per heavy atom. The standard InChI is InChI=1S/C23H27N3O2/c1-17-5-4-13-26(17)14-11-22-18(2)28-23(25-22)20-7-9-21(10-8-20)27-16-19-6-3-12-24-15-19/h3,6-10,12,15,17H,4-5,11,13-14,16H2,1-2H3/t17-/m1/s1. The Bertz CT molecular complexity index is 890. The van der Waals surface area contributed by atoms with Gasteiger partial charge >= 0.3 is 0 Å². The third kappa shape index (κ3) is 4.42. The van der Waals surface area contributed by atoms with Crippen molar-refractivity contribution >= 4 is 0 Å². The van der Waals surface area contributed by atoms with Crippen LogP contribution < -0.4 is 4.74 Å². The number of oxazole rings is 1. The maximum absolute atomic E-state index is 5.93. The van der Waals surface area contributed by atoms with Crippen molar-refractivity contribution in [3.05, 3.63) is 65.8 Å². The van der Waals surface area contributed by atoms with Crippen molar-refractivity contribution in [1.29, 1.82) is 0 Å². The summed E-state index contributed by atoms with van der Waals surface area (Å²) in [5.74, 6) is 2.42. The van der Waals surface area contributed by atoms with Crippen LogP contribution in [0.15, 0.2) is 53.2 Å². The number of ether oxygens (including phenoxy) is 1. The number of hydrogen-bond acceptors (Lipinski definition) is 5. The molecule has 0 unspecified atom stereocenters. The number of hydrogen-bond donors (Lipinski definition) is 0. The monoisotopic (exact) mass is 377 g/mol. The van der Waals surface area contributed by atoms with Crippen LogP contribution in [-0.4, -0.2) is 34.0 Å². The summed E-state index contributed by atoms with van der Waals surface area (Å²) >= 11 is 0. The lowest BCUT2D eigenvalue weighted by Crippen LogP contribution is -2.29. The van der Waals surface area contributed by atoms with E-state index in [0.29, 0.717) is 18.5 Å². The van der Waals surface area contributed by atoms with Crippen LogP contribution in [0.3, 0.4) is 0 Å². The van der Waals surface area contributed by atoms with Crippen molar-refractivity contribution in [2.75, 3.05) is 13.1 Å². The summed E-state index contributed by atoms with van der Waals surface area (Å²) in [6, 6.07) is 12.5. The molecule has 2 aromatic heterocycles. The Kier molecular flexibility index (Phi) is 5.72. The molecule has 5 heteroatoms. The molecule has 1 aliphatic heterocycles. The summed E-state index contributed by atoms with van der Waals surface area (Å²) in [6.45, 7) is 7.07. The van der Waals surface area contributed by atoms with Gasteiger partial charge in [0.05, 0.1) is 5.69 Å². The lowest BCUT2D eigenvalue weighted by atomic mass is 10.2. The number of pyridine rings is 1. The normalized spacial score (nSPS) is 17.1. The van der Waals surface area contributed by atoms with Gasteiger partial charge in [-0.25, -0.2) is 4.98 Å². The molecule has 0 amide bonds. The van der Waals surface area contributed by atoms with Gasteiger partial charge in [0.15, 0.2) is 0 Å². The van der Waals surface area contributed by atoms with Crippen LogP contribution in [0.2, 0.25) is 0 Å². The molecular formula is C23H27N3O2. The van der Waals surface area contributed by atoms with Crippen molar-refractivity contribution in [3.8, 4) is 17.2 Å². The van der Waals surface area contributed by atoms with E-state index in [1.54, 1.807) is 6.20 Å². The molecule has 0 saturated carbocycles. The molecule has 0 bridgehead atoms. The van der Waals surface area contributed by atoms with Crippen molar-refractivity contribution in [3.63, 3.8) is 0 Å². The second-order valence-corrected chi connectivity index (χ2v) is 7.47. The third-order valence-electron chi connectivity index (χ3n) is 5.45. The molecule has 1 aliphatic rings. The van der Waals surface area contributed by atoms with Crippen molar-refractivity contribution in [2.24, 2.45) is 0 Å². The van der Waals surface area contributed by atoms with E-state index in [1.165, 1.54) is 19.4 Å². The maximum Gasteiger partial charge on any atom is 0.226 e. The fourth-order valence-electron chi connectivity index (χ4n) is 3.70. The predicted octanol–water partition coefficient (Wildman–Crippen LogP) is 4.65. The molecule has 3 heterocycles. The first kappa shape index (κ1) is 18.7. The molecule has 5 nitrogen and oxygen atoms in total. The zero-order chi connectivity index (χ0) is 19.3. The molecule has 146 valence electrons. The third-order valence-corrected chi connectivity index (χ3v) is 5.45. The van der Waals surface area contributed by atoms with E-state index in [4.69, 9.17) is 14.1 Å². The van der Waals surface area contributed by atoms with Crippen LogP contribution in [0.5, 0.6) is 5.75 Å². The fraction of sp³-hybridized carbons (Fsp3) is 0.391.